The standard InChI is InChI=1S/C17H18BrFN2O3/c1-9-5-15(22)13(14(19)7-18)6-12(9)17(23)21-16-10(2)4-11(24-3)8-20-16/h4-6,8,14,22H,7H2,1-3H3,(H,20,21,23). The molecule has 2 N–H and O–H groups in total. The molecule has 1 heterocycles. The van der Waals surface area contributed by atoms with Crippen LogP contribution < -0.4 is 10.1 Å². The number of ether oxygens (including phenoxy) is 1. The van der Waals surface area contributed by atoms with Crippen molar-refractivity contribution in [1.82, 2.24) is 4.98 Å². The van der Waals surface area contributed by atoms with E-state index in [9.17, 15) is 14.3 Å². The first-order valence-electron chi connectivity index (χ1n) is 7.23. The Bertz CT molecular complexity index is 768. The molecule has 0 spiro atoms. The van der Waals surface area contributed by atoms with E-state index in [1.54, 1.807) is 19.9 Å². The molecule has 1 aromatic heterocycles. The van der Waals surface area contributed by atoms with Gasteiger partial charge in [0.1, 0.15) is 23.5 Å². The molecule has 0 bridgehead atoms. The van der Waals surface area contributed by atoms with Crippen LogP contribution in [0.15, 0.2) is 24.4 Å². The van der Waals surface area contributed by atoms with E-state index in [4.69, 9.17) is 4.74 Å². The van der Waals surface area contributed by atoms with Crippen molar-refractivity contribution in [2.24, 2.45) is 0 Å². The Morgan fingerprint density at radius 1 is 1.38 bits per heavy atom. The zero-order valence-electron chi connectivity index (χ0n) is 13.6. The second-order valence-electron chi connectivity index (χ2n) is 5.34. The van der Waals surface area contributed by atoms with Gasteiger partial charge in [0.15, 0.2) is 0 Å². The number of carbonyl (C=O) groups is 1. The predicted molar refractivity (Wildman–Crippen MR) is 94.0 cm³/mol. The highest BCUT2D eigenvalue weighted by atomic mass is 79.9. The molecule has 24 heavy (non-hydrogen) atoms. The van der Waals surface area contributed by atoms with E-state index in [2.05, 4.69) is 26.2 Å². The number of hydrogen-bond donors (Lipinski definition) is 2. The summed E-state index contributed by atoms with van der Waals surface area (Å²) in [5, 5.41) is 12.6. The predicted octanol–water partition coefficient (Wildman–Crippen LogP) is 4.07. The molecule has 2 rings (SSSR count). The first-order valence-corrected chi connectivity index (χ1v) is 8.35. The maximum absolute atomic E-state index is 13.9. The molecule has 7 heteroatoms. The van der Waals surface area contributed by atoms with Crippen LogP contribution in [0.25, 0.3) is 0 Å². The van der Waals surface area contributed by atoms with Gasteiger partial charge < -0.3 is 15.2 Å². The number of alkyl halides is 2. The van der Waals surface area contributed by atoms with Gasteiger partial charge in [0, 0.05) is 16.5 Å². The summed E-state index contributed by atoms with van der Waals surface area (Å²) < 4.78 is 19.0. The zero-order chi connectivity index (χ0) is 17.9. The fourth-order valence-corrected chi connectivity index (χ4v) is 2.60. The van der Waals surface area contributed by atoms with Gasteiger partial charge in [0.05, 0.1) is 13.3 Å². The van der Waals surface area contributed by atoms with Gasteiger partial charge >= 0.3 is 0 Å². The minimum atomic E-state index is -1.40. The fourth-order valence-electron chi connectivity index (χ4n) is 2.25. The van der Waals surface area contributed by atoms with Crippen LogP contribution in [0.1, 0.15) is 33.2 Å². The lowest BCUT2D eigenvalue weighted by Gasteiger charge is -2.14. The number of hydrogen-bond acceptors (Lipinski definition) is 4. The largest absolute Gasteiger partial charge is 0.508 e. The summed E-state index contributed by atoms with van der Waals surface area (Å²) >= 11 is 3.03. The molecule has 0 aliphatic rings. The minimum absolute atomic E-state index is 0.0316. The Morgan fingerprint density at radius 3 is 2.67 bits per heavy atom. The van der Waals surface area contributed by atoms with Crippen molar-refractivity contribution < 1.29 is 19.0 Å². The lowest BCUT2D eigenvalue weighted by Crippen LogP contribution is -2.16. The molecule has 0 aliphatic carbocycles. The Balaban J connectivity index is 2.33. The van der Waals surface area contributed by atoms with Crippen LogP contribution in [0.5, 0.6) is 11.5 Å². The molecular formula is C17H18BrFN2O3. The SMILES string of the molecule is COc1cnc(NC(=O)c2cc(C(F)CBr)c(O)cc2C)c(C)c1. The molecule has 1 unspecified atom stereocenters. The van der Waals surface area contributed by atoms with Crippen molar-refractivity contribution in [3.63, 3.8) is 0 Å². The van der Waals surface area contributed by atoms with Gasteiger partial charge in [-0.05, 0) is 43.2 Å². The van der Waals surface area contributed by atoms with Crippen molar-refractivity contribution >= 4 is 27.7 Å². The number of carbonyl (C=O) groups excluding carboxylic acids is 1. The van der Waals surface area contributed by atoms with Crippen LogP contribution in [-0.2, 0) is 0 Å². The fraction of sp³-hybridized carbons (Fsp3) is 0.294. The summed E-state index contributed by atoms with van der Waals surface area (Å²) in [6.45, 7) is 3.47. The number of nitrogens with one attached hydrogen (secondary N) is 1. The van der Waals surface area contributed by atoms with E-state index in [1.165, 1.54) is 25.4 Å². The Kier molecular flexibility index (Phi) is 5.77. The number of phenols is 1. The maximum Gasteiger partial charge on any atom is 0.257 e. The molecule has 5 nitrogen and oxygen atoms in total. The van der Waals surface area contributed by atoms with Crippen molar-refractivity contribution in [2.75, 3.05) is 17.8 Å². The Morgan fingerprint density at radius 2 is 2.08 bits per heavy atom. The molecule has 0 fully saturated rings. The quantitative estimate of drug-likeness (QED) is 0.747. The number of methoxy groups -OCH3 is 1. The molecule has 0 aliphatic heterocycles. The van der Waals surface area contributed by atoms with Crippen molar-refractivity contribution in [3.8, 4) is 11.5 Å². The summed E-state index contributed by atoms with van der Waals surface area (Å²) in [5.74, 6) is 0.393. The highest BCUT2D eigenvalue weighted by Gasteiger charge is 2.19. The van der Waals surface area contributed by atoms with E-state index < -0.39 is 12.1 Å². The lowest BCUT2D eigenvalue weighted by atomic mass is 10.0. The molecule has 0 saturated heterocycles. The second kappa shape index (κ2) is 7.61. The van der Waals surface area contributed by atoms with Gasteiger partial charge in [-0.25, -0.2) is 9.37 Å². The molecule has 1 aromatic carbocycles. The molecule has 0 radical (unpaired) electrons. The zero-order valence-corrected chi connectivity index (χ0v) is 15.1. The first-order chi connectivity index (χ1) is 11.4. The van der Waals surface area contributed by atoms with Crippen molar-refractivity contribution in [3.05, 3.63) is 46.6 Å². The molecule has 0 saturated carbocycles. The van der Waals surface area contributed by atoms with Crippen LogP contribution in [0.2, 0.25) is 0 Å². The lowest BCUT2D eigenvalue weighted by molar-refractivity contribution is 0.102. The van der Waals surface area contributed by atoms with E-state index >= 15 is 0 Å². The summed E-state index contributed by atoms with van der Waals surface area (Å²) in [5.41, 5.74) is 1.63. The van der Waals surface area contributed by atoms with E-state index in [-0.39, 0.29) is 22.2 Å². The average Bonchev–Trinajstić information content (AvgIpc) is 2.55. The van der Waals surface area contributed by atoms with Gasteiger partial charge in [0.2, 0.25) is 0 Å². The average molecular weight is 397 g/mol. The normalized spacial score (nSPS) is 11.9. The first kappa shape index (κ1) is 18.2. The maximum atomic E-state index is 13.9. The smallest absolute Gasteiger partial charge is 0.257 e. The number of benzene rings is 1. The number of aryl methyl sites for hydroxylation is 2. The molecular weight excluding hydrogens is 379 g/mol. The summed E-state index contributed by atoms with van der Waals surface area (Å²) in [6, 6.07) is 4.50. The van der Waals surface area contributed by atoms with E-state index in [0.717, 1.165) is 5.56 Å². The van der Waals surface area contributed by atoms with Gasteiger partial charge in [-0.3, -0.25) is 4.79 Å². The van der Waals surface area contributed by atoms with Crippen LogP contribution >= 0.6 is 15.9 Å². The minimum Gasteiger partial charge on any atom is -0.508 e. The molecule has 128 valence electrons. The van der Waals surface area contributed by atoms with Crippen molar-refractivity contribution in [1.29, 1.82) is 0 Å². The van der Waals surface area contributed by atoms with Crippen LogP contribution in [-0.4, -0.2) is 28.4 Å². The summed E-state index contributed by atoms with van der Waals surface area (Å²) in [6.07, 6.45) is 0.0955. The van der Waals surface area contributed by atoms with Gasteiger partial charge in [-0.1, -0.05) is 15.9 Å². The summed E-state index contributed by atoms with van der Waals surface area (Å²) in [7, 11) is 1.54. The van der Waals surface area contributed by atoms with Crippen LogP contribution in [0, 0.1) is 13.8 Å². The topological polar surface area (TPSA) is 71.5 Å². The third kappa shape index (κ3) is 3.84. The summed E-state index contributed by atoms with van der Waals surface area (Å²) in [4.78, 5) is 16.7. The molecule has 1 amide bonds. The number of anilines is 1. The number of amides is 1. The van der Waals surface area contributed by atoms with Gasteiger partial charge in [0.25, 0.3) is 5.91 Å². The number of aromatic nitrogens is 1. The molecule has 1 atom stereocenters. The number of nitrogens with zero attached hydrogens (tertiary/aromatic N) is 1. The Labute approximate surface area is 148 Å². The van der Waals surface area contributed by atoms with Crippen LogP contribution in [0.3, 0.4) is 0 Å². The highest BCUT2D eigenvalue weighted by Crippen LogP contribution is 2.31. The number of aromatic hydroxyl groups is 1. The number of pyridine rings is 1. The monoisotopic (exact) mass is 396 g/mol. The number of phenolic OH excluding ortho intramolecular Hbond substituents is 1. The number of halogens is 2. The van der Waals surface area contributed by atoms with Gasteiger partial charge in [-0.2, -0.15) is 0 Å². The van der Waals surface area contributed by atoms with Crippen LogP contribution in [0.4, 0.5) is 10.2 Å². The van der Waals surface area contributed by atoms with E-state index in [0.29, 0.717) is 17.1 Å². The molecule has 2 aromatic rings. The van der Waals surface area contributed by atoms with Crippen molar-refractivity contribution in [2.45, 2.75) is 20.0 Å². The van der Waals surface area contributed by atoms with E-state index in [1.807, 2.05) is 0 Å². The van der Waals surface area contributed by atoms with Gasteiger partial charge in [-0.15, -0.1) is 0 Å². The highest BCUT2D eigenvalue weighted by molar-refractivity contribution is 9.09. The second-order valence-corrected chi connectivity index (χ2v) is 5.99. The Hall–Kier alpha value is -2.15. The third-order valence-corrected chi connectivity index (χ3v) is 4.18. The number of rotatable bonds is 5. The third-order valence-electron chi connectivity index (χ3n) is 3.61.